The van der Waals surface area contributed by atoms with Crippen LogP contribution in [0.2, 0.25) is 0 Å². The topological polar surface area (TPSA) is 87.1 Å². The minimum absolute atomic E-state index is 0.280. The fourth-order valence-electron chi connectivity index (χ4n) is 1.57. The van der Waals surface area contributed by atoms with Crippen molar-refractivity contribution in [3.05, 3.63) is 18.0 Å². The number of carbonyl (C=O) groups is 1. The van der Waals surface area contributed by atoms with E-state index in [1.54, 1.807) is 24.2 Å². The maximum atomic E-state index is 11.1. The molecule has 20 heavy (non-hydrogen) atoms. The zero-order valence-corrected chi connectivity index (χ0v) is 12.9. The average molecular weight is 298 g/mol. The van der Waals surface area contributed by atoms with Crippen LogP contribution in [-0.4, -0.2) is 45.1 Å². The highest BCUT2D eigenvalue weighted by Crippen LogP contribution is 2.05. The van der Waals surface area contributed by atoms with Crippen molar-refractivity contribution < 1.29 is 9.90 Å². The summed E-state index contributed by atoms with van der Waals surface area (Å²) >= 11 is 1.64. The van der Waals surface area contributed by atoms with Crippen molar-refractivity contribution in [3.8, 4) is 0 Å². The molecule has 1 unspecified atom stereocenters. The summed E-state index contributed by atoms with van der Waals surface area (Å²) in [5.41, 5.74) is 0.870. The summed E-state index contributed by atoms with van der Waals surface area (Å²) in [6.07, 6.45) is 5.98. The number of nitrogens with one attached hydrogen (secondary N) is 2. The number of aliphatic carboxylic acids is 1. The summed E-state index contributed by atoms with van der Waals surface area (Å²) in [6, 6.07) is -0.252. The van der Waals surface area contributed by atoms with E-state index >= 15 is 0 Å². The predicted octanol–water partition coefficient (Wildman–Crippen LogP) is 1.59. The minimum Gasteiger partial charge on any atom is -0.480 e. The van der Waals surface area contributed by atoms with Crippen molar-refractivity contribution in [3.63, 3.8) is 0 Å². The number of carboxylic acids is 1. The second-order valence-corrected chi connectivity index (χ2v) is 5.75. The van der Waals surface area contributed by atoms with E-state index < -0.39 is 12.0 Å². The molecule has 0 spiro atoms. The van der Waals surface area contributed by atoms with Gasteiger partial charge in [0.1, 0.15) is 6.04 Å². The van der Waals surface area contributed by atoms with Crippen molar-refractivity contribution in [2.24, 2.45) is 0 Å². The van der Waals surface area contributed by atoms with Crippen LogP contribution in [0.1, 0.15) is 25.8 Å². The van der Waals surface area contributed by atoms with Gasteiger partial charge < -0.3 is 15.7 Å². The summed E-state index contributed by atoms with van der Waals surface area (Å²) in [5.74, 6) is 0.580. The van der Waals surface area contributed by atoms with Gasteiger partial charge in [-0.25, -0.2) is 9.97 Å². The Kier molecular flexibility index (Phi) is 7.32. The summed E-state index contributed by atoms with van der Waals surface area (Å²) in [6.45, 7) is 4.48. The van der Waals surface area contributed by atoms with Crippen LogP contribution >= 0.6 is 11.8 Å². The fraction of sp³-hybridized carbons (Fsp3) is 0.615. The Labute approximate surface area is 123 Å². The minimum atomic E-state index is -0.821. The van der Waals surface area contributed by atoms with Crippen molar-refractivity contribution >= 4 is 23.7 Å². The number of anilines is 1. The molecular formula is C13H22N4O2S. The molecule has 1 aromatic heterocycles. The molecule has 1 aromatic rings. The molecule has 0 aromatic carbocycles. The van der Waals surface area contributed by atoms with E-state index in [-0.39, 0.29) is 6.04 Å². The van der Waals surface area contributed by atoms with E-state index in [2.05, 4.69) is 20.6 Å². The molecule has 6 nitrogen and oxygen atoms in total. The highest BCUT2D eigenvalue weighted by atomic mass is 32.2. The van der Waals surface area contributed by atoms with E-state index in [1.165, 1.54) is 0 Å². The number of aromatic nitrogens is 2. The first kappa shape index (κ1) is 16.7. The molecule has 1 atom stereocenters. The first-order valence-corrected chi connectivity index (χ1v) is 7.95. The monoisotopic (exact) mass is 298 g/mol. The highest BCUT2D eigenvalue weighted by Gasteiger charge is 2.15. The lowest BCUT2D eigenvalue weighted by atomic mass is 10.2. The Morgan fingerprint density at radius 2 is 2.05 bits per heavy atom. The molecule has 0 radical (unpaired) electrons. The fourth-order valence-corrected chi connectivity index (χ4v) is 2.04. The standard InChI is InChI=1S/C13H22N4O2S/c1-9(2)17-13-15-7-10(8-16-13)6-14-11(12(18)19)4-5-20-3/h7-9,11,14H,4-6H2,1-3H3,(H,18,19)(H,15,16,17). The van der Waals surface area contributed by atoms with Gasteiger partial charge in [-0.1, -0.05) is 0 Å². The molecule has 0 aliphatic heterocycles. The zero-order valence-electron chi connectivity index (χ0n) is 12.1. The van der Waals surface area contributed by atoms with E-state index in [0.717, 1.165) is 11.3 Å². The van der Waals surface area contributed by atoms with Crippen molar-refractivity contribution in [1.82, 2.24) is 15.3 Å². The quantitative estimate of drug-likeness (QED) is 0.638. The van der Waals surface area contributed by atoms with E-state index in [1.807, 2.05) is 20.1 Å². The van der Waals surface area contributed by atoms with Gasteiger partial charge in [0.25, 0.3) is 0 Å². The SMILES string of the molecule is CSCCC(NCc1cnc(NC(C)C)nc1)C(=O)O. The Bertz CT molecular complexity index is 411. The van der Waals surface area contributed by atoms with E-state index in [4.69, 9.17) is 5.11 Å². The van der Waals surface area contributed by atoms with Crippen LogP contribution in [-0.2, 0) is 11.3 Å². The third kappa shape index (κ3) is 6.21. The number of hydrogen-bond acceptors (Lipinski definition) is 6. The normalized spacial score (nSPS) is 12.4. The Morgan fingerprint density at radius 1 is 1.40 bits per heavy atom. The van der Waals surface area contributed by atoms with Crippen LogP contribution in [0.3, 0.4) is 0 Å². The molecular weight excluding hydrogens is 276 g/mol. The van der Waals surface area contributed by atoms with Crippen LogP contribution in [0.5, 0.6) is 0 Å². The molecule has 0 aliphatic carbocycles. The molecule has 3 N–H and O–H groups in total. The molecule has 0 amide bonds. The molecule has 0 saturated heterocycles. The number of carboxylic acid groups (broad SMARTS) is 1. The summed E-state index contributed by atoms with van der Waals surface area (Å²) in [7, 11) is 0. The maximum absolute atomic E-state index is 11.1. The third-order valence-electron chi connectivity index (χ3n) is 2.58. The van der Waals surface area contributed by atoms with Crippen LogP contribution in [0, 0.1) is 0 Å². The van der Waals surface area contributed by atoms with Crippen molar-refractivity contribution in [2.45, 2.75) is 38.9 Å². The predicted molar refractivity (Wildman–Crippen MR) is 82.1 cm³/mol. The van der Waals surface area contributed by atoms with Gasteiger partial charge in [-0.15, -0.1) is 0 Å². The zero-order chi connectivity index (χ0) is 15.0. The molecule has 0 saturated carbocycles. The van der Waals surface area contributed by atoms with Crippen LogP contribution in [0.4, 0.5) is 5.95 Å². The van der Waals surface area contributed by atoms with Crippen molar-refractivity contribution in [2.75, 3.05) is 17.3 Å². The maximum Gasteiger partial charge on any atom is 0.320 e. The van der Waals surface area contributed by atoms with Crippen LogP contribution in [0.15, 0.2) is 12.4 Å². The summed E-state index contributed by atoms with van der Waals surface area (Å²) in [5, 5.41) is 15.2. The lowest BCUT2D eigenvalue weighted by Crippen LogP contribution is -2.36. The molecule has 0 fully saturated rings. The number of thioether (sulfide) groups is 1. The smallest absolute Gasteiger partial charge is 0.320 e. The average Bonchev–Trinajstić information content (AvgIpc) is 2.39. The van der Waals surface area contributed by atoms with Gasteiger partial charge in [-0.3, -0.25) is 4.79 Å². The molecule has 0 bridgehead atoms. The van der Waals surface area contributed by atoms with Crippen LogP contribution in [0.25, 0.3) is 0 Å². The molecule has 112 valence electrons. The largest absolute Gasteiger partial charge is 0.480 e. The van der Waals surface area contributed by atoms with E-state index in [9.17, 15) is 4.79 Å². The summed E-state index contributed by atoms with van der Waals surface area (Å²) in [4.78, 5) is 19.5. The van der Waals surface area contributed by atoms with Gasteiger partial charge in [0, 0.05) is 30.5 Å². The van der Waals surface area contributed by atoms with Gasteiger partial charge in [0.15, 0.2) is 0 Å². The lowest BCUT2D eigenvalue weighted by molar-refractivity contribution is -0.139. The molecule has 7 heteroatoms. The third-order valence-corrected chi connectivity index (χ3v) is 3.23. The van der Waals surface area contributed by atoms with Gasteiger partial charge in [-0.05, 0) is 32.3 Å². The number of hydrogen-bond donors (Lipinski definition) is 3. The Morgan fingerprint density at radius 3 is 2.55 bits per heavy atom. The first-order valence-electron chi connectivity index (χ1n) is 6.55. The second kappa shape index (κ2) is 8.76. The number of rotatable bonds is 9. The molecule has 0 aliphatic rings. The van der Waals surface area contributed by atoms with Gasteiger partial charge >= 0.3 is 5.97 Å². The Balaban J connectivity index is 2.48. The Hall–Kier alpha value is -1.34. The second-order valence-electron chi connectivity index (χ2n) is 4.77. The lowest BCUT2D eigenvalue weighted by Gasteiger charge is -2.14. The van der Waals surface area contributed by atoms with Crippen LogP contribution < -0.4 is 10.6 Å². The highest BCUT2D eigenvalue weighted by molar-refractivity contribution is 7.98. The molecule has 1 heterocycles. The number of nitrogens with zero attached hydrogens (tertiary/aromatic N) is 2. The first-order chi connectivity index (χ1) is 9.52. The van der Waals surface area contributed by atoms with Gasteiger partial charge in [-0.2, -0.15) is 11.8 Å². The van der Waals surface area contributed by atoms with Gasteiger partial charge in [0.05, 0.1) is 0 Å². The van der Waals surface area contributed by atoms with Gasteiger partial charge in [0.2, 0.25) is 5.95 Å². The van der Waals surface area contributed by atoms with E-state index in [0.29, 0.717) is 18.9 Å². The molecule has 1 rings (SSSR count). The van der Waals surface area contributed by atoms with Crippen molar-refractivity contribution in [1.29, 1.82) is 0 Å². The summed E-state index contributed by atoms with van der Waals surface area (Å²) < 4.78 is 0.